The highest BCUT2D eigenvalue weighted by Gasteiger charge is 2.26. The summed E-state index contributed by atoms with van der Waals surface area (Å²) in [5, 5.41) is 8.86. The molecule has 0 saturated carbocycles. The summed E-state index contributed by atoms with van der Waals surface area (Å²) in [5.74, 6) is 0. The van der Waals surface area contributed by atoms with Gasteiger partial charge in [0.05, 0.1) is 24.0 Å². The number of aliphatic hydroxyl groups excluding tert-OH is 1. The minimum absolute atomic E-state index is 0.122. The number of sulfonamides is 1. The molecule has 0 aliphatic heterocycles. The third-order valence-corrected chi connectivity index (χ3v) is 3.45. The zero-order valence-corrected chi connectivity index (χ0v) is 9.95. The van der Waals surface area contributed by atoms with Crippen LogP contribution in [0.4, 0.5) is 5.69 Å². The lowest BCUT2D eigenvalue weighted by Gasteiger charge is -2.22. The number of aromatic nitrogens is 1. The van der Waals surface area contributed by atoms with Gasteiger partial charge in [0, 0.05) is 0 Å². The fourth-order valence-electron chi connectivity index (χ4n) is 0.999. The number of nitrogens with one attached hydrogen (secondary N) is 1. The molecule has 0 aliphatic rings. The van der Waals surface area contributed by atoms with E-state index in [4.69, 9.17) is 10.8 Å². The normalized spacial score (nSPS) is 12.7. The Morgan fingerprint density at radius 3 is 2.56 bits per heavy atom. The third kappa shape index (κ3) is 3.16. The minimum atomic E-state index is -3.72. The zero-order valence-electron chi connectivity index (χ0n) is 9.14. The van der Waals surface area contributed by atoms with Gasteiger partial charge < -0.3 is 10.8 Å². The van der Waals surface area contributed by atoms with Crippen LogP contribution in [0.5, 0.6) is 0 Å². The molecule has 90 valence electrons. The van der Waals surface area contributed by atoms with E-state index in [1.54, 1.807) is 13.8 Å². The van der Waals surface area contributed by atoms with Crippen molar-refractivity contribution in [3.8, 4) is 0 Å². The number of hydrogen-bond acceptors (Lipinski definition) is 5. The van der Waals surface area contributed by atoms with Crippen LogP contribution in [0.25, 0.3) is 0 Å². The highest BCUT2D eigenvalue weighted by Crippen LogP contribution is 2.11. The fourth-order valence-corrected chi connectivity index (χ4v) is 2.33. The molecular weight excluding hydrogens is 230 g/mol. The number of nitrogen functional groups attached to an aromatic ring is 1. The first-order valence-electron chi connectivity index (χ1n) is 4.63. The van der Waals surface area contributed by atoms with Crippen LogP contribution in [0.15, 0.2) is 23.4 Å². The molecule has 6 nitrogen and oxygen atoms in total. The molecule has 16 heavy (non-hydrogen) atoms. The second kappa shape index (κ2) is 4.36. The average Bonchev–Trinajstić information content (AvgIpc) is 2.17. The van der Waals surface area contributed by atoms with Gasteiger partial charge in [-0.3, -0.25) is 0 Å². The summed E-state index contributed by atoms with van der Waals surface area (Å²) in [4.78, 5) is 3.71. The van der Waals surface area contributed by atoms with Gasteiger partial charge in [-0.05, 0) is 26.0 Å². The number of pyridine rings is 1. The minimum Gasteiger partial charge on any atom is -0.397 e. The molecule has 0 aromatic carbocycles. The topological polar surface area (TPSA) is 105 Å². The molecular formula is C9H15N3O3S. The van der Waals surface area contributed by atoms with Crippen molar-refractivity contribution in [1.82, 2.24) is 9.71 Å². The highest BCUT2D eigenvalue weighted by atomic mass is 32.2. The highest BCUT2D eigenvalue weighted by molar-refractivity contribution is 7.89. The zero-order chi connectivity index (χ0) is 12.4. The van der Waals surface area contributed by atoms with Crippen molar-refractivity contribution in [2.45, 2.75) is 24.4 Å². The smallest absolute Gasteiger partial charge is 0.258 e. The number of nitrogens with two attached hydrogens (primary N) is 1. The average molecular weight is 245 g/mol. The van der Waals surface area contributed by atoms with Crippen LogP contribution in [0.3, 0.4) is 0 Å². The Labute approximate surface area is 94.6 Å². The number of aliphatic hydroxyl groups is 1. The van der Waals surface area contributed by atoms with Gasteiger partial charge in [0.1, 0.15) is 0 Å². The molecule has 0 unspecified atom stereocenters. The Bertz CT molecular complexity index is 453. The van der Waals surface area contributed by atoms with Crippen LogP contribution in [-0.4, -0.2) is 30.7 Å². The molecule has 0 atom stereocenters. The van der Waals surface area contributed by atoms with Crippen LogP contribution in [0.1, 0.15) is 13.8 Å². The molecule has 0 spiro atoms. The molecule has 0 aliphatic carbocycles. The molecule has 0 amide bonds. The fraction of sp³-hybridized carbons (Fsp3) is 0.444. The molecule has 0 bridgehead atoms. The van der Waals surface area contributed by atoms with E-state index in [1.165, 1.54) is 18.3 Å². The van der Waals surface area contributed by atoms with Crippen LogP contribution < -0.4 is 10.5 Å². The number of nitrogens with zero attached hydrogens (tertiary/aromatic N) is 1. The van der Waals surface area contributed by atoms with Crippen molar-refractivity contribution in [2.75, 3.05) is 12.3 Å². The Kier molecular flexibility index (Phi) is 3.51. The van der Waals surface area contributed by atoms with Gasteiger partial charge in [-0.1, -0.05) is 0 Å². The maximum atomic E-state index is 11.8. The van der Waals surface area contributed by atoms with Crippen molar-refractivity contribution in [1.29, 1.82) is 0 Å². The monoisotopic (exact) mass is 245 g/mol. The summed E-state index contributed by atoms with van der Waals surface area (Å²) in [6, 6.07) is 2.76. The number of anilines is 1. The van der Waals surface area contributed by atoms with Crippen molar-refractivity contribution in [3.63, 3.8) is 0 Å². The van der Waals surface area contributed by atoms with Crippen molar-refractivity contribution in [2.24, 2.45) is 0 Å². The molecule has 1 aromatic rings. The van der Waals surface area contributed by atoms with E-state index in [0.29, 0.717) is 5.69 Å². The predicted molar refractivity (Wildman–Crippen MR) is 60.1 cm³/mol. The molecule has 4 N–H and O–H groups in total. The summed E-state index contributed by atoms with van der Waals surface area (Å²) in [6.45, 7) is 2.84. The van der Waals surface area contributed by atoms with E-state index >= 15 is 0 Å². The lowest BCUT2D eigenvalue weighted by Crippen LogP contribution is -2.46. The molecule has 1 rings (SSSR count). The summed E-state index contributed by atoms with van der Waals surface area (Å²) >= 11 is 0. The van der Waals surface area contributed by atoms with E-state index in [9.17, 15) is 8.42 Å². The summed E-state index contributed by atoms with van der Waals surface area (Å²) in [5.41, 5.74) is 4.87. The molecule has 1 aromatic heterocycles. The maximum absolute atomic E-state index is 11.8. The van der Waals surface area contributed by atoms with Gasteiger partial charge in [0.15, 0.2) is 5.03 Å². The van der Waals surface area contributed by atoms with Crippen molar-refractivity contribution in [3.05, 3.63) is 18.3 Å². The predicted octanol–water partition coefficient (Wildman–Crippen LogP) is -0.287. The van der Waals surface area contributed by atoms with Gasteiger partial charge in [0.2, 0.25) is 0 Å². The van der Waals surface area contributed by atoms with Gasteiger partial charge >= 0.3 is 0 Å². The maximum Gasteiger partial charge on any atom is 0.258 e. The van der Waals surface area contributed by atoms with Gasteiger partial charge in [0.25, 0.3) is 10.0 Å². The summed E-state index contributed by atoms with van der Waals surface area (Å²) in [6.07, 6.45) is 1.26. The second-order valence-electron chi connectivity index (χ2n) is 4.08. The lowest BCUT2D eigenvalue weighted by molar-refractivity contribution is 0.208. The molecule has 0 fully saturated rings. The van der Waals surface area contributed by atoms with Gasteiger partial charge in [-0.2, -0.15) is 0 Å². The largest absolute Gasteiger partial charge is 0.397 e. The first-order chi connectivity index (χ1) is 7.27. The Hall–Kier alpha value is -1.18. The standard InChI is InChI=1S/C9H15N3O3S/c1-9(2,6-13)12-16(14,15)8-4-3-7(10)5-11-8/h3-5,12-13H,6,10H2,1-2H3. The van der Waals surface area contributed by atoms with Gasteiger partial charge in [-0.25, -0.2) is 18.1 Å². The summed E-state index contributed by atoms with van der Waals surface area (Å²) < 4.78 is 25.9. The molecule has 0 saturated heterocycles. The summed E-state index contributed by atoms with van der Waals surface area (Å²) in [7, 11) is -3.72. The van der Waals surface area contributed by atoms with E-state index < -0.39 is 15.6 Å². The molecule has 1 heterocycles. The van der Waals surface area contributed by atoms with Crippen LogP contribution in [0.2, 0.25) is 0 Å². The van der Waals surface area contributed by atoms with Crippen LogP contribution in [-0.2, 0) is 10.0 Å². The Morgan fingerprint density at radius 1 is 1.50 bits per heavy atom. The first kappa shape index (κ1) is 12.9. The van der Waals surface area contributed by atoms with E-state index in [-0.39, 0.29) is 11.6 Å². The number of hydrogen-bond donors (Lipinski definition) is 3. The number of rotatable bonds is 4. The SMILES string of the molecule is CC(C)(CO)NS(=O)(=O)c1ccc(N)cn1. The quantitative estimate of drug-likeness (QED) is 0.676. The van der Waals surface area contributed by atoms with Crippen LogP contribution >= 0.6 is 0 Å². The first-order valence-corrected chi connectivity index (χ1v) is 6.11. The van der Waals surface area contributed by atoms with E-state index in [0.717, 1.165) is 0 Å². The Morgan fingerprint density at radius 2 is 2.12 bits per heavy atom. The van der Waals surface area contributed by atoms with E-state index in [1.807, 2.05) is 0 Å². The Balaban J connectivity index is 2.99. The van der Waals surface area contributed by atoms with Crippen molar-refractivity contribution < 1.29 is 13.5 Å². The lowest BCUT2D eigenvalue weighted by atomic mass is 10.1. The molecule has 0 radical (unpaired) electrons. The second-order valence-corrected chi connectivity index (χ2v) is 5.71. The van der Waals surface area contributed by atoms with E-state index in [2.05, 4.69) is 9.71 Å². The third-order valence-electron chi connectivity index (χ3n) is 1.84. The van der Waals surface area contributed by atoms with Crippen LogP contribution in [0, 0.1) is 0 Å². The van der Waals surface area contributed by atoms with Gasteiger partial charge in [-0.15, -0.1) is 0 Å². The molecule has 7 heteroatoms. The van der Waals surface area contributed by atoms with Crippen molar-refractivity contribution >= 4 is 15.7 Å².